The number of hydrogen-bond acceptors (Lipinski definition) is 5. The third-order valence-electron chi connectivity index (χ3n) is 4.79. The van der Waals surface area contributed by atoms with Gasteiger partial charge in [-0.25, -0.2) is 4.79 Å². The van der Waals surface area contributed by atoms with Crippen LogP contribution in [0.15, 0.2) is 60.7 Å². The van der Waals surface area contributed by atoms with E-state index in [4.69, 9.17) is 25.8 Å². The summed E-state index contributed by atoms with van der Waals surface area (Å²) in [6.07, 6.45) is 0. The molecule has 0 atom stereocenters. The smallest absolute Gasteiger partial charge is 0.339 e. The lowest BCUT2D eigenvalue weighted by Crippen LogP contribution is -2.24. The molecule has 4 aromatic rings. The number of carbonyl (C=O) groups excluding carboxylic acids is 1. The lowest BCUT2D eigenvalue weighted by molar-refractivity contribution is 0.00684. The molecule has 0 saturated heterocycles. The Bertz CT molecular complexity index is 1290. The zero-order valence-electron chi connectivity index (χ0n) is 18.9. The van der Waals surface area contributed by atoms with E-state index in [0.717, 1.165) is 11.1 Å². The van der Waals surface area contributed by atoms with Crippen molar-refractivity contribution in [1.82, 2.24) is 9.97 Å². The highest BCUT2D eigenvalue weighted by molar-refractivity contribution is 6.32. The molecule has 0 aliphatic heterocycles. The Labute approximate surface area is 197 Å². The number of aromatic amines is 1. The molecule has 170 valence electrons. The predicted molar refractivity (Wildman–Crippen MR) is 128 cm³/mol. The number of fused-ring (bicyclic) bond motifs is 1. The van der Waals surface area contributed by atoms with Crippen LogP contribution >= 0.6 is 11.6 Å². The summed E-state index contributed by atoms with van der Waals surface area (Å²) in [5.74, 6) is 0.600. The van der Waals surface area contributed by atoms with E-state index in [-0.39, 0.29) is 6.01 Å². The van der Waals surface area contributed by atoms with Gasteiger partial charge >= 0.3 is 5.97 Å². The highest BCUT2D eigenvalue weighted by Crippen LogP contribution is 2.32. The topological polar surface area (TPSA) is 73.4 Å². The first-order valence-electron chi connectivity index (χ1n) is 10.6. The molecular weight excluding hydrogens is 440 g/mol. The molecule has 0 amide bonds. The Hall–Kier alpha value is -3.51. The van der Waals surface area contributed by atoms with Gasteiger partial charge in [0.25, 0.3) is 6.01 Å². The summed E-state index contributed by atoms with van der Waals surface area (Å²) in [4.78, 5) is 20.1. The van der Waals surface area contributed by atoms with Gasteiger partial charge in [0, 0.05) is 6.07 Å². The molecule has 0 fully saturated rings. The van der Waals surface area contributed by atoms with Crippen LogP contribution in [0.1, 0.15) is 42.3 Å². The molecule has 0 aliphatic rings. The molecule has 0 unspecified atom stereocenters. The second kappa shape index (κ2) is 9.16. The van der Waals surface area contributed by atoms with Crippen LogP contribution in [0.3, 0.4) is 0 Å². The molecule has 3 aromatic carbocycles. The van der Waals surface area contributed by atoms with Crippen LogP contribution in [-0.2, 0) is 11.3 Å². The fourth-order valence-electron chi connectivity index (χ4n) is 3.21. The number of aromatic nitrogens is 2. The highest BCUT2D eigenvalue weighted by Gasteiger charge is 2.20. The largest absolute Gasteiger partial charge is 0.487 e. The van der Waals surface area contributed by atoms with Gasteiger partial charge in [0.05, 0.1) is 21.6 Å². The molecule has 0 saturated carbocycles. The SMILES string of the molecule is Cc1ccc(Oc2nc3cc(OCc4ccccc4)c(Cl)cc3[nH]2)cc1C(=O)OC(C)(C)C. The first-order chi connectivity index (χ1) is 15.7. The normalized spacial score (nSPS) is 11.4. The molecule has 0 bridgehead atoms. The number of halogens is 1. The number of aryl methyl sites for hydroxylation is 1. The number of carbonyl (C=O) groups is 1. The minimum Gasteiger partial charge on any atom is -0.487 e. The average molecular weight is 465 g/mol. The van der Waals surface area contributed by atoms with Crippen LogP contribution < -0.4 is 9.47 Å². The van der Waals surface area contributed by atoms with Gasteiger partial charge in [0.2, 0.25) is 0 Å². The third kappa shape index (κ3) is 5.65. The minimum atomic E-state index is -0.585. The lowest BCUT2D eigenvalue weighted by atomic mass is 10.1. The van der Waals surface area contributed by atoms with Crippen LogP contribution in [0.2, 0.25) is 5.02 Å². The van der Waals surface area contributed by atoms with Crippen molar-refractivity contribution in [3.63, 3.8) is 0 Å². The van der Waals surface area contributed by atoms with Crippen LogP contribution in [0.4, 0.5) is 0 Å². The number of H-pyrrole nitrogens is 1. The number of hydrogen-bond donors (Lipinski definition) is 1. The molecule has 6 nitrogen and oxygen atoms in total. The van der Waals surface area contributed by atoms with Gasteiger partial charge in [-0.2, -0.15) is 4.98 Å². The van der Waals surface area contributed by atoms with Gasteiger partial charge < -0.3 is 19.2 Å². The molecule has 1 aromatic heterocycles. The first kappa shape index (κ1) is 22.7. The fourth-order valence-corrected chi connectivity index (χ4v) is 3.43. The van der Waals surface area contributed by atoms with E-state index in [1.54, 1.807) is 24.3 Å². The molecule has 1 heterocycles. The number of benzene rings is 3. The van der Waals surface area contributed by atoms with Crippen molar-refractivity contribution in [2.75, 3.05) is 0 Å². The van der Waals surface area contributed by atoms with Gasteiger partial charge in [0.1, 0.15) is 23.7 Å². The molecule has 1 N–H and O–H groups in total. The number of esters is 1. The van der Waals surface area contributed by atoms with E-state index in [2.05, 4.69) is 9.97 Å². The van der Waals surface area contributed by atoms with Crippen molar-refractivity contribution >= 4 is 28.6 Å². The monoisotopic (exact) mass is 464 g/mol. The van der Waals surface area contributed by atoms with E-state index in [1.807, 2.05) is 64.1 Å². The summed E-state index contributed by atoms with van der Waals surface area (Å²) in [5, 5.41) is 0.469. The van der Waals surface area contributed by atoms with Crippen molar-refractivity contribution in [2.24, 2.45) is 0 Å². The van der Waals surface area contributed by atoms with Gasteiger partial charge in [-0.3, -0.25) is 0 Å². The standard InChI is InChI=1S/C26H25ClN2O4/c1-16-10-11-18(12-19(16)24(30)33-26(2,3)4)32-25-28-21-13-20(27)23(14-22(21)29-25)31-15-17-8-6-5-7-9-17/h5-14H,15H2,1-4H3,(H,28,29). The zero-order valence-corrected chi connectivity index (χ0v) is 19.7. The molecule has 0 radical (unpaired) electrons. The number of imidazole rings is 1. The molecule has 0 aliphatic carbocycles. The Morgan fingerprint density at radius 2 is 1.82 bits per heavy atom. The summed E-state index contributed by atoms with van der Waals surface area (Å²) in [7, 11) is 0. The summed E-state index contributed by atoms with van der Waals surface area (Å²) >= 11 is 6.40. The van der Waals surface area contributed by atoms with E-state index < -0.39 is 11.6 Å². The number of rotatable bonds is 6. The van der Waals surface area contributed by atoms with Crippen LogP contribution in [-0.4, -0.2) is 21.5 Å². The maximum Gasteiger partial charge on any atom is 0.339 e. The fraction of sp³-hybridized carbons (Fsp3) is 0.231. The second-order valence-corrected chi connectivity index (χ2v) is 9.10. The Balaban J connectivity index is 1.53. The maximum absolute atomic E-state index is 12.5. The molecule has 0 spiro atoms. The minimum absolute atomic E-state index is 0.278. The maximum atomic E-state index is 12.5. The lowest BCUT2D eigenvalue weighted by Gasteiger charge is -2.20. The zero-order chi connectivity index (χ0) is 23.6. The summed E-state index contributed by atoms with van der Waals surface area (Å²) < 4.78 is 17.3. The van der Waals surface area contributed by atoms with Crippen molar-refractivity contribution in [2.45, 2.75) is 39.9 Å². The highest BCUT2D eigenvalue weighted by atomic mass is 35.5. The van der Waals surface area contributed by atoms with Gasteiger partial charge in [-0.15, -0.1) is 0 Å². The van der Waals surface area contributed by atoms with Crippen LogP contribution in [0, 0.1) is 6.92 Å². The van der Waals surface area contributed by atoms with Crippen LogP contribution in [0.25, 0.3) is 11.0 Å². The number of ether oxygens (including phenoxy) is 3. The Morgan fingerprint density at radius 3 is 2.55 bits per heavy atom. The number of nitrogens with one attached hydrogen (secondary N) is 1. The quantitative estimate of drug-likeness (QED) is 0.316. The van der Waals surface area contributed by atoms with Gasteiger partial charge in [0.15, 0.2) is 0 Å². The summed E-state index contributed by atoms with van der Waals surface area (Å²) in [6, 6.07) is 18.9. The van der Waals surface area contributed by atoms with Gasteiger partial charge in [-0.1, -0.05) is 48.0 Å². The van der Waals surface area contributed by atoms with Crippen molar-refractivity contribution in [3.8, 4) is 17.5 Å². The van der Waals surface area contributed by atoms with Crippen molar-refractivity contribution < 1.29 is 19.0 Å². The molecule has 4 rings (SSSR count). The molecule has 33 heavy (non-hydrogen) atoms. The molecule has 7 heteroatoms. The number of nitrogens with zero attached hydrogens (tertiary/aromatic N) is 1. The van der Waals surface area contributed by atoms with Crippen molar-refractivity contribution in [3.05, 3.63) is 82.4 Å². The first-order valence-corrected chi connectivity index (χ1v) is 10.9. The van der Waals surface area contributed by atoms with E-state index in [0.29, 0.717) is 39.7 Å². The van der Waals surface area contributed by atoms with Gasteiger partial charge in [-0.05, 0) is 57.0 Å². The third-order valence-corrected chi connectivity index (χ3v) is 5.09. The summed E-state index contributed by atoms with van der Waals surface area (Å²) in [6.45, 7) is 7.74. The molecular formula is C26H25ClN2O4. The van der Waals surface area contributed by atoms with E-state index >= 15 is 0 Å². The Kier molecular flexibility index (Phi) is 6.29. The van der Waals surface area contributed by atoms with E-state index in [1.165, 1.54) is 0 Å². The van der Waals surface area contributed by atoms with Crippen molar-refractivity contribution in [1.29, 1.82) is 0 Å². The summed E-state index contributed by atoms with van der Waals surface area (Å²) in [5.41, 5.74) is 3.06. The average Bonchev–Trinajstić information content (AvgIpc) is 3.13. The van der Waals surface area contributed by atoms with E-state index in [9.17, 15) is 4.79 Å². The predicted octanol–water partition coefficient (Wildman–Crippen LogP) is 6.85. The second-order valence-electron chi connectivity index (χ2n) is 8.70. The Morgan fingerprint density at radius 1 is 1.06 bits per heavy atom. The van der Waals surface area contributed by atoms with Crippen LogP contribution in [0.5, 0.6) is 17.5 Å².